The Bertz CT molecular complexity index is 1250. The largest absolute Gasteiger partial charge is 0.488 e. The van der Waals surface area contributed by atoms with E-state index in [1.54, 1.807) is 18.4 Å². The van der Waals surface area contributed by atoms with E-state index in [0.29, 0.717) is 5.56 Å². The van der Waals surface area contributed by atoms with Crippen LogP contribution in [0, 0.1) is 5.92 Å². The van der Waals surface area contributed by atoms with Crippen LogP contribution in [0.3, 0.4) is 0 Å². The Hall–Kier alpha value is -2.68. The van der Waals surface area contributed by atoms with Crippen LogP contribution in [0.5, 0.6) is 5.75 Å². The molecule has 0 aliphatic carbocycles. The van der Waals surface area contributed by atoms with Crippen LogP contribution in [-0.4, -0.2) is 79.6 Å². The molecule has 3 rings (SSSR count). The summed E-state index contributed by atoms with van der Waals surface area (Å²) in [7, 11) is -2.34. The number of sulfonamides is 1. The first kappa shape index (κ1) is 30.9. The van der Waals surface area contributed by atoms with Gasteiger partial charge in [0.2, 0.25) is 11.8 Å². The molecule has 0 saturated carbocycles. The first-order valence-corrected chi connectivity index (χ1v) is 14.6. The van der Waals surface area contributed by atoms with Crippen molar-refractivity contribution in [3.63, 3.8) is 0 Å². The SMILES string of the molecule is C[C@H](CO)N1C[C@H](C)[C@H](CN(C)S(=O)(=O)c2cccs2)Oc2ccc(NC(=O)CCC(F)(F)F)cc2CC1=O. The molecule has 0 spiro atoms. The third-order valence-electron chi connectivity index (χ3n) is 6.43. The summed E-state index contributed by atoms with van der Waals surface area (Å²) in [6.45, 7) is 3.36. The fourth-order valence-corrected chi connectivity index (χ4v) is 6.50. The van der Waals surface area contributed by atoms with E-state index in [9.17, 15) is 36.3 Å². The number of nitrogens with zero attached hydrogens (tertiary/aromatic N) is 2. The average Bonchev–Trinajstić information content (AvgIpc) is 3.42. The molecule has 2 heterocycles. The number of aliphatic hydroxyl groups excluding tert-OH is 1. The molecule has 0 saturated heterocycles. The topological polar surface area (TPSA) is 116 Å². The zero-order valence-electron chi connectivity index (χ0n) is 21.8. The minimum Gasteiger partial charge on any atom is -0.488 e. The first-order chi connectivity index (χ1) is 18.2. The molecule has 2 amide bonds. The Labute approximate surface area is 229 Å². The Kier molecular flexibility index (Phi) is 10.0. The van der Waals surface area contributed by atoms with Crippen LogP contribution in [0.25, 0.3) is 0 Å². The van der Waals surface area contributed by atoms with Gasteiger partial charge in [0.05, 0.1) is 32.0 Å². The fraction of sp³-hybridized carbons (Fsp3) is 0.520. The number of nitrogens with one attached hydrogen (secondary N) is 1. The number of halogens is 3. The molecule has 2 aromatic rings. The van der Waals surface area contributed by atoms with Crippen molar-refractivity contribution >= 4 is 38.9 Å². The van der Waals surface area contributed by atoms with E-state index in [0.717, 1.165) is 11.3 Å². The zero-order valence-corrected chi connectivity index (χ0v) is 23.4. The third kappa shape index (κ3) is 8.16. The lowest BCUT2D eigenvalue weighted by atomic mass is 10.0. The van der Waals surface area contributed by atoms with Gasteiger partial charge in [-0.3, -0.25) is 9.59 Å². The van der Waals surface area contributed by atoms with Crippen LogP contribution in [0.1, 0.15) is 32.3 Å². The summed E-state index contributed by atoms with van der Waals surface area (Å²) in [5.74, 6) is -1.22. The Balaban J connectivity index is 1.91. The molecule has 0 radical (unpaired) electrons. The molecule has 9 nitrogen and oxygen atoms in total. The van der Waals surface area contributed by atoms with Gasteiger partial charge >= 0.3 is 6.18 Å². The molecule has 0 fully saturated rings. The second-order valence-electron chi connectivity index (χ2n) is 9.59. The van der Waals surface area contributed by atoms with Gasteiger partial charge in [-0.15, -0.1) is 11.3 Å². The number of benzene rings is 1. The maximum atomic E-state index is 13.3. The molecule has 1 aromatic heterocycles. The van der Waals surface area contributed by atoms with Gasteiger partial charge in [-0.1, -0.05) is 13.0 Å². The number of anilines is 1. The molecular weight excluding hydrogens is 559 g/mol. The maximum Gasteiger partial charge on any atom is 0.389 e. The van der Waals surface area contributed by atoms with E-state index in [1.807, 2.05) is 6.92 Å². The number of amides is 2. The number of rotatable bonds is 9. The Morgan fingerprint density at radius 3 is 2.67 bits per heavy atom. The van der Waals surface area contributed by atoms with Gasteiger partial charge in [-0.05, 0) is 36.6 Å². The van der Waals surface area contributed by atoms with Crippen LogP contribution >= 0.6 is 11.3 Å². The summed E-state index contributed by atoms with van der Waals surface area (Å²) in [6, 6.07) is 7.03. The predicted octanol–water partition coefficient (Wildman–Crippen LogP) is 3.50. The van der Waals surface area contributed by atoms with Crippen molar-refractivity contribution < 1.29 is 41.0 Å². The number of thiophene rings is 1. The smallest absolute Gasteiger partial charge is 0.389 e. The molecule has 216 valence electrons. The number of likely N-dealkylation sites (N-methyl/N-ethyl adjacent to an activating group) is 1. The van der Waals surface area contributed by atoms with Gasteiger partial charge in [-0.25, -0.2) is 8.42 Å². The molecule has 2 N–H and O–H groups in total. The quantitative estimate of drug-likeness (QED) is 0.461. The van der Waals surface area contributed by atoms with E-state index in [-0.39, 0.29) is 53.6 Å². The lowest BCUT2D eigenvalue weighted by Crippen LogP contribution is -2.48. The van der Waals surface area contributed by atoms with Crippen molar-refractivity contribution in [2.75, 3.05) is 32.1 Å². The minimum atomic E-state index is -4.47. The average molecular weight is 592 g/mol. The number of aliphatic hydroxyl groups is 1. The van der Waals surface area contributed by atoms with Crippen LogP contribution in [0.15, 0.2) is 39.9 Å². The van der Waals surface area contributed by atoms with Gasteiger partial charge in [0.1, 0.15) is 16.1 Å². The number of hydrogen-bond acceptors (Lipinski definition) is 7. The van der Waals surface area contributed by atoms with Crippen LogP contribution < -0.4 is 10.1 Å². The van der Waals surface area contributed by atoms with Gasteiger partial charge in [0.25, 0.3) is 10.0 Å². The highest BCUT2D eigenvalue weighted by Gasteiger charge is 2.34. The summed E-state index contributed by atoms with van der Waals surface area (Å²) in [5, 5.41) is 13.8. The van der Waals surface area contributed by atoms with E-state index in [1.165, 1.54) is 40.5 Å². The molecule has 14 heteroatoms. The lowest BCUT2D eigenvalue weighted by molar-refractivity contribution is -0.142. The van der Waals surface area contributed by atoms with E-state index in [4.69, 9.17) is 4.74 Å². The monoisotopic (exact) mass is 591 g/mol. The predicted molar refractivity (Wildman–Crippen MR) is 140 cm³/mol. The van der Waals surface area contributed by atoms with Gasteiger partial charge in [0, 0.05) is 37.2 Å². The van der Waals surface area contributed by atoms with Crippen LogP contribution in [0.4, 0.5) is 18.9 Å². The standard InChI is InChI=1S/C25H32F3N3O6S2/c1-16-13-31(17(2)15-32)23(34)12-18-11-19(29-22(33)8-9-25(26,27)28)6-7-20(18)37-21(16)14-30(3)39(35,36)24-5-4-10-38-24/h4-7,10-11,16-17,21,32H,8-9,12-15H2,1-3H3,(H,29,33)/t16-,17+,21-/m0/s1. The lowest BCUT2D eigenvalue weighted by Gasteiger charge is -2.33. The fourth-order valence-electron chi connectivity index (χ4n) is 4.12. The Morgan fingerprint density at radius 1 is 1.33 bits per heavy atom. The number of hydrogen-bond donors (Lipinski definition) is 2. The van der Waals surface area contributed by atoms with E-state index in [2.05, 4.69) is 5.32 Å². The number of carbonyl (C=O) groups is 2. The molecule has 3 atom stereocenters. The second-order valence-corrected chi connectivity index (χ2v) is 12.8. The van der Waals surface area contributed by atoms with Crippen LogP contribution in [-0.2, 0) is 26.0 Å². The first-order valence-electron chi connectivity index (χ1n) is 12.3. The minimum absolute atomic E-state index is 0.0354. The molecule has 1 aliphatic rings. The van der Waals surface area contributed by atoms with Gasteiger partial charge in [0.15, 0.2) is 0 Å². The van der Waals surface area contributed by atoms with Crippen molar-refractivity contribution in [1.82, 2.24) is 9.21 Å². The van der Waals surface area contributed by atoms with Crippen molar-refractivity contribution in [1.29, 1.82) is 0 Å². The summed E-state index contributed by atoms with van der Waals surface area (Å²) in [4.78, 5) is 26.8. The molecule has 0 bridgehead atoms. The zero-order chi connectivity index (χ0) is 29.0. The highest BCUT2D eigenvalue weighted by Crippen LogP contribution is 2.30. The molecule has 0 unspecified atom stereocenters. The summed E-state index contributed by atoms with van der Waals surface area (Å²) >= 11 is 1.09. The highest BCUT2D eigenvalue weighted by molar-refractivity contribution is 7.91. The normalized spacial score (nSPS) is 19.5. The van der Waals surface area contributed by atoms with Gasteiger partial charge < -0.3 is 20.1 Å². The van der Waals surface area contributed by atoms with Gasteiger partial charge in [-0.2, -0.15) is 17.5 Å². The van der Waals surface area contributed by atoms with E-state index < -0.39 is 47.1 Å². The molecular formula is C25H32F3N3O6S2. The second kappa shape index (κ2) is 12.7. The molecule has 39 heavy (non-hydrogen) atoms. The van der Waals surface area contributed by atoms with Crippen molar-refractivity contribution in [3.05, 3.63) is 41.3 Å². The maximum absolute atomic E-state index is 13.3. The number of alkyl halides is 3. The third-order valence-corrected chi connectivity index (χ3v) is 9.63. The van der Waals surface area contributed by atoms with Crippen molar-refractivity contribution in [2.45, 2.75) is 55.6 Å². The number of fused-ring (bicyclic) bond motifs is 1. The van der Waals surface area contributed by atoms with Crippen molar-refractivity contribution in [2.24, 2.45) is 5.92 Å². The summed E-state index contributed by atoms with van der Waals surface area (Å²) in [5.41, 5.74) is 0.562. The number of carbonyl (C=O) groups excluding carboxylic acids is 2. The van der Waals surface area contributed by atoms with E-state index >= 15 is 0 Å². The number of ether oxygens (including phenoxy) is 1. The summed E-state index contributed by atoms with van der Waals surface area (Å²) in [6.07, 6.45) is -7.34. The van der Waals surface area contributed by atoms with Crippen molar-refractivity contribution in [3.8, 4) is 5.75 Å². The molecule has 1 aromatic carbocycles. The Morgan fingerprint density at radius 2 is 2.05 bits per heavy atom. The summed E-state index contributed by atoms with van der Waals surface area (Å²) < 4.78 is 71.2. The van der Waals surface area contributed by atoms with Crippen LogP contribution in [0.2, 0.25) is 0 Å². The molecule has 1 aliphatic heterocycles. The highest BCUT2D eigenvalue weighted by atomic mass is 32.2.